The Morgan fingerprint density at radius 1 is 0.929 bits per heavy atom. The highest BCUT2D eigenvalue weighted by atomic mass is 32.2. The lowest BCUT2D eigenvalue weighted by atomic mass is 10.0. The monoisotopic (exact) mass is 395 g/mol. The molecule has 1 aromatic heterocycles. The number of ether oxygens (including phenoxy) is 1. The number of hydrogen-bond acceptors (Lipinski definition) is 6. The molecule has 3 aromatic rings. The van der Waals surface area contributed by atoms with E-state index in [2.05, 4.69) is 4.98 Å². The standard InChI is InChI=1S/C20H13NO6S/c22-16(15-5-3-9-21-15)11-27-20(24)12-7-8-14-18(10-12)28(25,26)17-6-2-1-4-13(17)19(14)23/h1-10,21H,11H2. The SMILES string of the molecule is O=C(OCC(=O)c1ccc[nH]1)c1ccc2c(c1)S(=O)(=O)c1ccccc1C2=O. The highest BCUT2D eigenvalue weighted by Gasteiger charge is 2.35. The van der Waals surface area contributed by atoms with Crippen LogP contribution in [-0.4, -0.2) is 37.5 Å². The molecule has 0 saturated carbocycles. The van der Waals surface area contributed by atoms with Gasteiger partial charge < -0.3 is 9.72 Å². The van der Waals surface area contributed by atoms with Crippen molar-refractivity contribution >= 4 is 27.4 Å². The number of sulfone groups is 1. The number of Topliss-reactive ketones (excluding diaryl/α,β-unsaturated/α-hetero) is 1. The summed E-state index contributed by atoms with van der Waals surface area (Å²) in [6.45, 7) is -0.495. The molecule has 0 unspecified atom stereocenters. The Labute approximate surface area is 159 Å². The third-order valence-electron chi connectivity index (χ3n) is 4.41. The Morgan fingerprint density at radius 2 is 1.68 bits per heavy atom. The van der Waals surface area contributed by atoms with Crippen LogP contribution < -0.4 is 0 Å². The fourth-order valence-corrected chi connectivity index (χ4v) is 4.68. The first-order valence-electron chi connectivity index (χ1n) is 8.26. The molecule has 0 bridgehead atoms. The number of ketones is 2. The molecule has 1 aliphatic rings. The van der Waals surface area contributed by atoms with E-state index in [1.807, 2.05) is 0 Å². The van der Waals surface area contributed by atoms with Crippen LogP contribution in [0.5, 0.6) is 0 Å². The second-order valence-electron chi connectivity index (χ2n) is 6.12. The lowest BCUT2D eigenvalue weighted by molar-refractivity contribution is 0.0473. The number of aromatic amines is 1. The molecular formula is C20H13NO6S. The van der Waals surface area contributed by atoms with Crippen LogP contribution in [0, 0.1) is 0 Å². The van der Waals surface area contributed by atoms with Gasteiger partial charge in [0.2, 0.25) is 15.6 Å². The molecule has 0 radical (unpaired) electrons. The summed E-state index contributed by atoms with van der Waals surface area (Å²) in [5, 5.41) is 0. The smallest absolute Gasteiger partial charge is 0.338 e. The van der Waals surface area contributed by atoms with Crippen LogP contribution in [0.25, 0.3) is 0 Å². The second-order valence-corrected chi connectivity index (χ2v) is 8.01. The molecule has 0 saturated heterocycles. The number of H-pyrrole nitrogens is 1. The van der Waals surface area contributed by atoms with Gasteiger partial charge in [-0.2, -0.15) is 0 Å². The third kappa shape index (κ3) is 2.84. The molecule has 2 heterocycles. The zero-order valence-corrected chi connectivity index (χ0v) is 15.2. The van der Waals surface area contributed by atoms with E-state index >= 15 is 0 Å². The molecule has 8 heteroatoms. The quantitative estimate of drug-likeness (QED) is 0.420. The van der Waals surface area contributed by atoms with Crippen molar-refractivity contribution in [3.05, 3.63) is 83.2 Å². The highest BCUT2D eigenvalue weighted by molar-refractivity contribution is 7.91. The Balaban J connectivity index is 1.64. The molecule has 2 aromatic carbocycles. The van der Waals surface area contributed by atoms with E-state index < -0.39 is 34.0 Å². The van der Waals surface area contributed by atoms with Gasteiger partial charge in [-0.25, -0.2) is 13.2 Å². The molecule has 28 heavy (non-hydrogen) atoms. The van der Waals surface area contributed by atoms with Crippen molar-refractivity contribution in [2.75, 3.05) is 6.61 Å². The number of rotatable bonds is 4. The van der Waals surface area contributed by atoms with Crippen LogP contribution >= 0.6 is 0 Å². The molecule has 140 valence electrons. The largest absolute Gasteiger partial charge is 0.454 e. The zero-order valence-electron chi connectivity index (χ0n) is 14.3. The van der Waals surface area contributed by atoms with Gasteiger partial charge in [0.15, 0.2) is 12.4 Å². The predicted molar refractivity (Wildman–Crippen MR) is 97.2 cm³/mol. The van der Waals surface area contributed by atoms with Crippen LogP contribution in [-0.2, 0) is 14.6 Å². The van der Waals surface area contributed by atoms with E-state index in [1.54, 1.807) is 24.4 Å². The first-order chi connectivity index (χ1) is 13.4. The number of carbonyl (C=O) groups is 3. The Kier molecular flexibility index (Phi) is 4.20. The number of fused-ring (bicyclic) bond motifs is 2. The number of benzene rings is 2. The Morgan fingerprint density at radius 3 is 2.43 bits per heavy atom. The maximum atomic E-state index is 12.9. The lowest BCUT2D eigenvalue weighted by Crippen LogP contribution is -2.21. The number of esters is 1. The van der Waals surface area contributed by atoms with Crippen molar-refractivity contribution in [1.29, 1.82) is 0 Å². The number of carbonyl (C=O) groups excluding carboxylic acids is 3. The van der Waals surface area contributed by atoms with Gasteiger partial charge in [-0.1, -0.05) is 12.1 Å². The molecule has 4 rings (SSSR count). The van der Waals surface area contributed by atoms with Gasteiger partial charge in [0.1, 0.15) is 0 Å². The minimum Gasteiger partial charge on any atom is -0.454 e. The summed E-state index contributed by atoms with van der Waals surface area (Å²) in [5.41, 5.74) is 0.330. The minimum absolute atomic E-state index is 0.00212. The average molecular weight is 395 g/mol. The Bertz CT molecular complexity index is 1230. The highest BCUT2D eigenvalue weighted by Crippen LogP contribution is 2.34. The van der Waals surface area contributed by atoms with E-state index in [1.165, 1.54) is 30.3 Å². The number of aromatic nitrogens is 1. The van der Waals surface area contributed by atoms with Crippen molar-refractivity contribution in [1.82, 2.24) is 4.98 Å². The maximum absolute atomic E-state index is 12.9. The molecular weight excluding hydrogens is 382 g/mol. The van der Waals surface area contributed by atoms with E-state index in [-0.39, 0.29) is 26.5 Å². The van der Waals surface area contributed by atoms with Gasteiger partial charge in [-0.15, -0.1) is 0 Å². The molecule has 0 spiro atoms. The van der Waals surface area contributed by atoms with Gasteiger partial charge in [0.25, 0.3) is 0 Å². The molecule has 1 aliphatic heterocycles. The molecule has 1 N–H and O–H groups in total. The molecule has 0 fully saturated rings. The van der Waals surface area contributed by atoms with E-state index in [4.69, 9.17) is 4.74 Å². The maximum Gasteiger partial charge on any atom is 0.338 e. The van der Waals surface area contributed by atoms with Crippen molar-refractivity contribution in [3.8, 4) is 0 Å². The molecule has 0 aliphatic carbocycles. The number of nitrogens with one attached hydrogen (secondary N) is 1. The fraction of sp³-hybridized carbons (Fsp3) is 0.0500. The van der Waals surface area contributed by atoms with Crippen molar-refractivity contribution < 1.29 is 27.5 Å². The predicted octanol–water partition coefficient (Wildman–Crippen LogP) is 2.43. The van der Waals surface area contributed by atoms with E-state index in [0.29, 0.717) is 5.69 Å². The topological polar surface area (TPSA) is 110 Å². The molecule has 7 nitrogen and oxygen atoms in total. The summed E-state index contributed by atoms with van der Waals surface area (Å²) in [7, 11) is -3.96. The molecule has 0 atom stereocenters. The van der Waals surface area contributed by atoms with Crippen LogP contribution in [0.15, 0.2) is 70.6 Å². The van der Waals surface area contributed by atoms with E-state index in [0.717, 1.165) is 6.07 Å². The Hall–Kier alpha value is -3.52. The van der Waals surface area contributed by atoms with Gasteiger partial charge in [0.05, 0.1) is 21.0 Å². The minimum atomic E-state index is -3.96. The van der Waals surface area contributed by atoms with Gasteiger partial charge in [-0.3, -0.25) is 9.59 Å². The normalized spacial score (nSPS) is 14.1. The zero-order chi connectivity index (χ0) is 19.9. The van der Waals surface area contributed by atoms with Crippen molar-refractivity contribution in [2.24, 2.45) is 0 Å². The van der Waals surface area contributed by atoms with Gasteiger partial charge >= 0.3 is 5.97 Å². The van der Waals surface area contributed by atoms with Crippen molar-refractivity contribution in [3.63, 3.8) is 0 Å². The van der Waals surface area contributed by atoms with Crippen LogP contribution in [0.2, 0.25) is 0 Å². The van der Waals surface area contributed by atoms with E-state index in [9.17, 15) is 22.8 Å². The summed E-state index contributed by atoms with van der Waals surface area (Å²) in [6, 6.07) is 12.8. The first kappa shape index (κ1) is 17.9. The average Bonchev–Trinajstić information content (AvgIpc) is 3.25. The fourth-order valence-electron chi connectivity index (χ4n) is 3.01. The van der Waals surface area contributed by atoms with Crippen molar-refractivity contribution in [2.45, 2.75) is 9.79 Å². The third-order valence-corrected chi connectivity index (χ3v) is 6.26. The summed E-state index contributed by atoms with van der Waals surface area (Å²) in [4.78, 5) is 39.1. The van der Waals surface area contributed by atoms with Crippen LogP contribution in [0.4, 0.5) is 0 Å². The first-order valence-corrected chi connectivity index (χ1v) is 9.74. The second kappa shape index (κ2) is 6.58. The summed E-state index contributed by atoms with van der Waals surface area (Å²) in [6.07, 6.45) is 1.57. The molecule has 0 amide bonds. The van der Waals surface area contributed by atoms with Gasteiger partial charge in [0, 0.05) is 17.3 Å². The number of hydrogen-bond donors (Lipinski definition) is 1. The van der Waals surface area contributed by atoms with Crippen LogP contribution in [0.1, 0.15) is 36.8 Å². The summed E-state index contributed by atoms with van der Waals surface area (Å²) < 4.78 is 30.7. The van der Waals surface area contributed by atoms with Gasteiger partial charge in [-0.05, 0) is 42.5 Å². The summed E-state index contributed by atoms with van der Waals surface area (Å²) in [5.74, 6) is -1.71. The van der Waals surface area contributed by atoms with Crippen LogP contribution in [0.3, 0.4) is 0 Å². The summed E-state index contributed by atoms with van der Waals surface area (Å²) >= 11 is 0. The lowest BCUT2D eigenvalue weighted by Gasteiger charge is -2.19.